The Kier molecular flexibility index (Phi) is 5.40. The Morgan fingerprint density at radius 3 is 2.07 bits per heavy atom. The summed E-state index contributed by atoms with van der Waals surface area (Å²) in [5.41, 5.74) is -5.28. The van der Waals surface area contributed by atoms with Crippen LogP contribution in [0, 0.1) is 18.3 Å². The maximum Gasteiger partial charge on any atom is 0.416 e. The highest BCUT2D eigenvalue weighted by atomic mass is 19.4. The van der Waals surface area contributed by atoms with Gasteiger partial charge in [0.2, 0.25) is 0 Å². The van der Waals surface area contributed by atoms with Gasteiger partial charge in [-0.1, -0.05) is 5.16 Å². The summed E-state index contributed by atoms with van der Waals surface area (Å²) in [6.45, 7) is 1.34. The molecule has 2 rings (SSSR count). The molecule has 0 fully saturated rings. The topological polar surface area (TPSA) is 99.2 Å². The molecule has 12 heteroatoms. The fraction of sp³-hybridized carbons (Fsp3) is 0.188. The number of amides is 1. The van der Waals surface area contributed by atoms with Crippen LogP contribution in [0.25, 0.3) is 5.76 Å². The van der Waals surface area contributed by atoms with Crippen LogP contribution < -0.4 is 5.32 Å². The SMILES string of the molecule is Cc1oncc1/C(O)=C(\C#N)C(=O)Nc1cc(C(F)(F)F)cc(C(F)(F)F)c1. The number of carbonyl (C=O) groups excluding carboxylic acids is 1. The van der Waals surface area contributed by atoms with Gasteiger partial charge in [-0.2, -0.15) is 31.6 Å². The molecule has 28 heavy (non-hydrogen) atoms. The van der Waals surface area contributed by atoms with Gasteiger partial charge in [0.25, 0.3) is 5.91 Å². The maximum atomic E-state index is 12.9. The van der Waals surface area contributed by atoms with Gasteiger partial charge < -0.3 is 14.9 Å². The number of aromatic nitrogens is 1. The summed E-state index contributed by atoms with van der Waals surface area (Å²) in [5, 5.41) is 24.1. The number of aryl methyl sites for hydroxylation is 1. The molecule has 0 aliphatic heterocycles. The number of alkyl halides is 6. The maximum absolute atomic E-state index is 12.9. The highest BCUT2D eigenvalue weighted by Crippen LogP contribution is 2.37. The summed E-state index contributed by atoms with van der Waals surface area (Å²) in [4.78, 5) is 12.1. The number of anilines is 1. The first-order chi connectivity index (χ1) is 12.8. The minimum absolute atomic E-state index is 0.0245. The van der Waals surface area contributed by atoms with E-state index in [0.717, 1.165) is 6.20 Å². The highest BCUT2D eigenvalue weighted by molar-refractivity contribution is 6.11. The number of nitriles is 1. The van der Waals surface area contributed by atoms with Crippen LogP contribution in [0.2, 0.25) is 0 Å². The van der Waals surface area contributed by atoms with E-state index in [1.54, 1.807) is 5.32 Å². The van der Waals surface area contributed by atoms with Crippen LogP contribution >= 0.6 is 0 Å². The van der Waals surface area contributed by atoms with Crippen molar-refractivity contribution in [1.82, 2.24) is 5.16 Å². The molecule has 0 unspecified atom stereocenters. The zero-order chi connectivity index (χ0) is 21.3. The molecule has 148 valence electrons. The molecule has 1 heterocycles. The van der Waals surface area contributed by atoms with Gasteiger partial charge in [-0.15, -0.1) is 0 Å². The van der Waals surface area contributed by atoms with Crippen molar-refractivity contribution in [3.63, 3.8) is 0 Å². The second-order valence-corrected chi connectivity index (χ2v) is 5.38. The van der Waals surface area contributed by atoms with E-state index in [4.69, 9.17) is 5.26 Å². The summed E-state index contributed by atoms with van der Waals surface area (Å²) < 4.78 is 81.8. The Balaban J connectivity index is 2.48. The third-order valence-corrected chi connectivity index (χ3v) is 3.43. The van der Waals surface area contributed by atoms with E-state index in [1.165, 1.54) is 13.0 Å². The lowest BCUT2D eigenvalue weighted by Gasteiger charge is -2.14. The van der Waals surface area contributed by atoms with Crippen molar-refractivity contribution < 1.29 is 40.8 Å². The number of nitrogens with one attached hydrogen (secondary N) is 1. The quantitative estimate of drug-likeness (QED) is 0.340. The summed E-state index contributed by atoms with van der Waals surface area (Å²) in [7, 11) is 0. The molecule has 0 aliphatic carbocycles. The monoisotopic (exact) mass is 405 g/mol. The van der Waals surface area contributed by atoms with E-state index in [-0.39, 0.29) is 29.5 Å². The molecule has 0 radical (unpaired) electrons. The lowest BCUT2D eigenvalue weighted by molar-refractivity contribution is -0.143. The molecule has 1 amide bonds. The van der Waals surface area contributed by atoms with E-state index in [1.807, 2.05) is 0 Å². The van der Waals surface area contributed by atoms with Gasteiger partial charge in [-0.05, 0) is 25.1 Å². The first-order valence-corrected chi connectivity index (χ1v) is 7.20. The Morgan fingerprint density at radius 2 is 1.68 bits per heavy atom. The molecule has 0 bridgehead atoms. The van der Waals surface area contributed by atoms with E-state index in [0.29, 0.717) is 0 Å². The fourth-order valence-electron chi connectivity index (χ4n) is 2.09. The van der Waals surface area contributed by atoms with Gasteiger partial charge in [-0.25, -0.2) is 0 Å². The standard InChI is InChI=1S/C16H9F6N3O3/c1-7-12(6-24-28-7)13(26)11(5-23)14(27)25-10-3-8(15(17,18)19)2-9(4-10)16(20,21)22/h2-4,6,26H,1H3,(H,25,27)/b13-11-. The van der Waals surface area contributed by atoms with Crippen molar-refractivity contribution in [2.75, 3.05) is 5.32 Å². The summed E-state index contributed by atoms with van der Waals surface area (Å²) in [6, 6.07) is 1.75. The number of hydrogen-bond donors (Lipinski definition) is 2. The summed E-state index contributed by atoms with van der Waals surface area (Å²) in [5.74, 6) is -2.30. The molecule has 0 aliphatic rings. The zero-order valence-electron chi connectivity index (χ0n) is 13.7. The molecule has 1 aromatic heterocycles. The molecule has 0 saturated carbocycles. The van der Waals surface area contributed by atoms with Gasteiger partial charge in [0.15, 0.2) is 11.3 Å². The molecule has 2 N–H and O–H groups in total. The number of aliphatic hydroxyl groups excluding tert-OH is 1. The Hall–Kier alpha value is -3.49. The summed E-state index contributed by atoms with van der Waals surface area (Å²) >= 11 is 0. The fourth-order valence-corrected chi connectivity index (χ4v) is 2.09. The van der Waals surface area contributed by atoms with Gasteiger partial charge in [0, 0.05) is 5.69 Å². The molecule has 0 saturated heterocycles. The van der Waals surface area contributed by atoms with Crippen LogP contribution in [0.3, 0.4) is 0 Å². The molecular formula is C16H9F6N3O3. The molecular weight excluding hydrogens is 396 g/mol. The van der Waals surface area contributed by atoms with Crippen molar-refractivity contribution >= 4 is 17.4 Å². The number of carbonyl (C=O) groups is 1. The van der Waals surface area contributed by atoms with Crippen molar-refractivity contribution in [1.29, 1.82) is 5.26 Å². The second kappa shape index (κ2) is 7.26. The smallest absolute Gasteiger partial charge is 0.416 e. The predicted octanol–water partition coefficient (Wildman–Crippen LogP) is 4.45. The predicted molar refractivity (Wildman–Crippen MR) is 81.5 cm³/mol. The summed E-state index contributed by atoms with van der Waals surface area (Å²) in [6.07, 6.45) is -9.26. The average Bonchev–Trinajstić information content (AvgIpc) is 2.99. The van der Waals surface area contributed by atoms with Gasteiger partial charge in [0.1, 0.15) is 11.8 Å². The minimum Gasteiger partial charge on any atom is -0.506 e. The Labute approximate surface area is 152 Å². The van der Waals surface area contributed by atoms with E-state index in [2.05, 4.69) is 9.68 Å². The lowest BCUT2D eigenvalue weighted by Crippen LogP contribution is -2.17. The highest BCUT2D eigenvalue weighted by Gasteiger charge is 2.37. The van der Waals surface area contributed by atoms with Gasteiger partial charge in [-0.3, -0.25) is 4.79 Å². The van der Waals surface area contributed by atoms with Crippen LogP contribution in [0.4, 0.5) is 32.0 Å². The number of benzene rings is 1. The molecule has 2 aromatic rings. The van der Waals surface area contributed by atoms with Crippen molar-refractivity contribution in [3.8, 4) is 6.07 Å². The van der Waals surface area contributed by atoms with E-state index < -0.39 is 46.4 Å². The Bertz CT molecular complexity index is 950. The molecule has 6 nitrogen and oxygen atoms in total. The van der Waals surface area contributed by atoms with Crippen molar-refractivity contribution in [2.45, 2.75) is 19.3 Å². The van der Waals surface area contributed by atoms with E-state index in [9.17, 15) is 36.2 Å². The number of rotatable bonds is 3. The number of aliphatic hydroxyl groups is 1. The Morgan fingerprint density at radius 1 is 1.14 bits per heavy atom. The van der Waals surface area contributed by atoms with Crippen LogP contribution in [-0.4, -0.2) is 16.2 Å². The van der Waals surface area contributed by atoms with Crippen LogP contribution in [0.15, 0.2) is 34.5 Å². The van der Waals surface area contributed by atoms with Crippen LogP contribution in [-0.2, 0) is 17.1 Å². The first kappa shape index (κ1) is 20.8. The average molecular weight is 405 g/mol. The number of halogens is 6. The number of nitrogens with zero attached hydrogens (tertiary/aromatic N) is 2. The second-order valence-electron chi connectivity index (χ2n) is 5.38. The van der Waals surface area contributed by atoms with Crippen molar-refractivity contribution in [2.24, 2.45) is 0 Å². The van der Waals surface area contributed by atoms with Gasteiger partial charge >= 0.3 is 12.4 Å². The molecule has 0 atom stereocenters. The normalized spacial score (nSPS) is 12.9. The van der Waals surface area contributed by atoms with Crippen molar-refractivity contribution in [3.05, 3.63) is 52.4 Å². The first-order valence-electron chi connectivity index (χ1n) is 7.20. The van der Waals surface area contributed by atoms with Crippen LogP contribution in [0.5, 0.6) is 0 Å². The zero-order valence-corrected chi connectivity index (χ0v) is 13.7. The van der Waals surface area contributed by atoms with Crippen LogP contribution in [0.1, 0.15) is 22.5 Å². The minimum atomic E-state index is -5.11. The molecule has 1 aromatic carbocycles. The largest absolute Gasteiger partial charge is 0.506 e. The van der Waals surface area contributed by atoms with Gasteiger partial charge in [0.05, 0.1) is 22.9 Å². The molecule has 0 spiro atoms. The number of hydrogen-bond acceptors (Lipinski definition) is 5. The third kappa shape index (κ3) is 4.43. The van der Waals surface area contributed by atoms with E-state index >= 15 is 0 Å². The third-order valence-electron chi connectivity index (χ3n) is 3.43. The lowest BCUT2D eigenvalue weighted by atomic mass is 10.1.